The Kier molecular flexibility index (Phi) is 4.56. The number of carbonyl (C=O) groups excluding carboxylic acids is 1. The van der Waals surface area contributed by atoms with E-state index in [2.05, 4.69) is 15.5 Å². The molecule has 27 heavy (non-hydrogen) atoms. The van der Waals surface area contributed by atoms with E-state index in [-0.39, 0.29) is 5.91 Å². The van der Waals surface area contributed by atoms with Crippen molar-refractivity contribution in [2.45, 2.75) is 13.8 Å². The van der Waals surface area contributed by atoms with E-state index >= 15 is 0 Å². The maximum absolute atomic E-state index is 12.5. The molecule has 0 aliphatic carbocycles. The van der Waals surface area contributed by atoms with Crippen molar-refractivity contribution in [3.8, 4) is 11.3 Å². The quantitative estimate of drug-likeness (QED) is 0.424. The zero-order chi connectivity index (χ0) is 18.8. The fourth-order valence-corrected chi connectivity index (χ4v) is 3.78. The van der Waals surface area contributed by atoms with Crippen LogP contribution in [0.2, 0.25) is 0 Å². The molecule has 6 heteroatoms. The van der Waals surface area contributed by atoms with Crippen molar-refractivity contribution in [2.24, 2.45) is 5.10 Å². The van der Waals surface area contributed by atoms with Crippen molar-refractivity contribution < 1.29 is 4.79 Å². The Morgan fingerprint density at radius 1 is 1.11 bits per heavy atom. The number of aryl methyl sites for hydroxylation is 2. The van der Waals surface area contributed by atoms with Crippen LogP contribution >= 0.6 is 11.3 Å². The number of benzene rings is 2. The first-order valence-corrected chi connectivity index (χ1v) is 9.37. The lowest BCUT2D eigenvalue weighted by Crippen LogP contribution is -2.17. The third kappa shape index (κ3) is 3.52. The minimum absolute atomic E-state index is 0.229. The van der Waals surface area contributed by atoms with Crippen LogP contribution in [-0.2, 0) is 0 Å². The van der Waals surface area contributed by atoms with E-state index in [1.54, 1.807) is 6.21 Å². The number of aromatic nitrogens is 2. The normalized spacial score (nSPS) is 11.3. The summed E-state index contributed by atoms with van der Waals surface area (Å²) in [4.78, 5) is 18.5. The van der Waals surface area contributed by atoms with Crippen LogP contribution in [0.5, 0.6) is 0 Å². The second kappa shape index (κ2) is 7.17. The third-order valence-corrected chi connectivity index (χ3v) is 5.45. The number of amides is 1. The molecule has 4 aromatic rings. The van der Waals surface area contributed by atoms with Crippen LogP contribution in [0.15, 0.2) is 65.9 Å². The van der Waals surface area contributed by atoms with Crippen molar-refractivity contribution in [1.82, 2.24) is 14.8 Å². The molecule has 0 atom stereocenters. The number of rotatable bonds is 4. The van der Waals surface area contributed by atoms with E-state index < -0.39 is 0 Å². The summed E-state index contributed by atoms with van der Waals surface area (Å²) in [6.45, 7) is 3.94. The molecule has 1 amide bonds. The first kappa shape index (κ1) is 17.2. The maximum Gasteiger partial charge on any atom is 0.283 e. The van der Waals surface area contributed by atoms with E-state index in [9.17, 15) is 4.79 Å². The maximum atomic E-state index is 12.5. The summed E-state index contributed by atoms with van der Waals surface area (Å²) in [6, 6.07) is 17.9. The third-order valence-electron chi connectivity index (χ3n) is 4.29. The molecule has 5 nitrogen and oxygen atoms in total. The van der Waals surface area contributed by atoms with Crippen LogP contribution in [0.25, 0.3) is 16.2 Å². The molecule has 2 heterocycles. The molecule has 0 saturated carbocycles. The van der Waals surface area contributed by atoms with Gasteiger partial charge in [-0.15, -0.1) is 0 Å². The Hall–Kier alpha value is -3.25. The van der Waals surface area contributed by atoms with Gasteiger partial charge in [0.25, 0.3) is 5.91 Å². The highest BCUT2D eigenvalue weighted by Crippen LogP contribution is 2.27. The average molecular weight is 374 g/mol. The van der Waals surface area contributed by atoms with E-state index in [1.165, 1.54) is 16.9 Å². The number of hydrazone groups is 1. The summed E-state index contributed by atoms with van der Waals surface area (Å²) in [5.74, 6) is -0.229. The predicted molar refractivity (Wildman–Crippen MR) is 109 cm³/mol. The van der Waals surface area contributed by atoms with Gasteiger partial charge in [0.2, 0.25) is 0 Å². The summed E-state index contributed by atoms with van der Waals surface area (Å²) < 4.78 is 1.95. The van der Waals surface area contributed by atoms with Gasteiger partial charge in [-0.05, 0) is 19.4 Å². The lowest BCUT2D eigenvalue weighted by molar-refractivity contribution is 0.0958. The van der Waals surface area contributed by atoms with Crippen LogP contribution in [0.3, 0.4) is 0 Å². The molecule has 0 spiro atoms. The number of nitrogens with one attached hydrogen (secondary N) is 1. The van der Waals surface area contributed by atoms with Crippen molar-refractivity contribution in [1.29, 1.82) is 0 Å². The number of fused-ring (bicyclic) bond motifs is 1. The van der Waals surface area contributed by atoms with Crippen LogP contribution in [0.1, 0.15) is 26.5 Å². The molecule has 0 unspecified atom stereocenters. The number of imidazole rings is 1. The number of carbonyl (C=O) groups is 1. The Bertz CT molecular complexity index is 1120. The van der Waals surface area contributed by atoms with E-state index in [0.717, 1.165) is 27.5 Å². The van der Waals surface area contributed by atoms with E-state index in [4.69, 9.17) is 0 Å². The van der Waals surface area contributed by atoms with Gasteiger partial charge in [0.15, 0.2) is 4.96 Å². The number of thiazole rings is 1. The standard InChI is InChI=1S/C21H18N4OS/c1-14-8-10-16(11-9-14)12-22-24-20(26)19-15(2)25-13-18(23-21(25)27-19)17-6-4-3-5-7-17/h3-13H,1-2H3,(H,24,26)/b22-12-. The molecule has 2 aromatic carbocycles. The van der Waals surface area contributed by atoms with Gasteiger partial charge < -0.3 is 0 Å². The second-order valence-electron chi connectivity index (χ2n) is 6.27. The highest BCUT2D eigenvalue weighted by molar-refractivity contribution is 7.19. The highest BCUT2D eigenvalue weighted by Gasteiger charge is 2.17. The summed E-state index contributed by atoms with van der Waals surface area (Å²) in [7, 11) is 0. The van der Waals surface area contributed by atoms with Crippen LogP contribution < -0.4 is 5.43 Å². The lowest BCUT2D eigenvalue weighted by Gasteiger charge is -1.99. The Labute approximate surface area is 161 Å². The van der Waals surface area contributed by atoms with Crippen molar-refractivity contribution in [2.75, 3.05) is 0 Å². The largest absolute Gasteiger partial charge is 0.293 e. The highest BCUT2D eigenvalue weighted by atomic mass is 32.1. The Morgan fingerprint density at radius 3 is 2.56 bits per heavy atom. The molecule has 0 aliphatic heterocycles. The van der Waals surface area contributed by atoms with Gasteiger partial charge in [0.05, 0.1) is 11.9 Å². The molecule has 134 valence electrons. The molecule has 0 saturated heterocycles. The molecule has 0 radical (unpaired) electrons. The van der Waals surface area contributed by atoms with Gasteiger partial charge in [0, 0.05) is 17.5 Å². The van der Waals surface area contributed by atoms with Gasteiger partial charge >= 0.3 is 0 Å². The minimum Gasteiger partial charge on any atom is -0.293 e. The Morgan fingerprint density at radius 2 is 1.85 bits per heavy atom. The van der Waals surface area contributed by atoms with Gasteiger partial charge in [-0.25, -0.2) is 10.4 Å². The molecule has 4 rings (SSSR count). The molecule has 0 fully saturated rings. The van der Waals surface area contributed by atoms with Crippen LogP contribution in [0, 0.1) is 13.8 Å². The minimum atomic E-state index is -0.229. The fourth-order valence-electron chi connectivity index (χ4n) is 2.78. The predicted octanol–water partition coefficient (Wildman–Crippen LogP) is 4.44. The molecule has 2 aromatic heterocycles. The molecule has 1 N–H and O–H groups in total. The summed E-state index contributed by atoms with van der Waals surface area (Å²) in [5, 5.41) is 4.06. The molecule has 0 bridgehead atoms. The van der Waals surface area contributed by atoms with Gasteiger partial charge in [-0.1, -0.05) is 71.5 Å². The number of hydrogen-bond donors (Lipinski definition) is 1. The van der Waals surface area contributed by atoms with Gasteiger partial charge in [-0.2, -0.15) is 5.10 Å². The van der Waals surface area contributed by atoms with Crippen LogP contribution in [0.4, 0.5) is 0 Å². The molecular weight excluding hydrogens is 356 g/mol. The van der Waals surface area contributed by atoms with Crippen molar-refractivity contribution in [3.05, 3.63) is 82.5 Å². The number of hydrogen-bond acceptors (Lipinski definition) is 4. The van der Waals surface area contributed by atoms with E-state index in [1.807, 2.05) is 79.0 Å². The smallest absolute Gasteiger partial charge is 0.283 e. The molecular formula is C21H18N4OS. The first-order valence-electron chi connectivity index (χ1n) is 8.56. The summed E-state index contributed by atoms with van der Waals surface area (Å²) in [5.41, 5.74) is 7.53. The molecule has 0 aliphatic rings. The van der Waals surface area contributed by atoms with Gasteiger partial charge in [-0.3, -0.25) is 9.20 Å². The fraction of sp³-hybridized carbons (Fsp3) is 0.0952. The zero-order valence-electron chi connectivity index (χ0n) is 15.0. The first-order chi connectivity index (χ1) is 13.1. The van der Waals surface area contributed by atoms with E-state index in [0.29, 0.717) is 4.88 Å². The van der Waals surface area contributed by atoms with Crippen LogP contribution in [-0.4, -0.2) is 21.5 Å². The topological polar surface area (TPSA) is 58.8 Å². The van der Waals surface area contributed by atoms with Gasteiger partial charge in [0.1, 0.15) is 4.88 Å². The average Bonchev–Trinajstić information content (AvgIpc) is 3.24. The van der Waals surface area contributed by atoms with Crippen molar-refractivity contribution >= 4 is 28.4 Å². The van der Waals surface area contributed by atoms with Crippen molar-refractivity contribution in [3.63, 3.8) is 0 Å². The SMILES string of the molecule is Cc1ccc(/C=N\NC(=O)c2sc3nc(-c4ccccc4)cn3c2C)cc1. The zero-order valence-corrected chi connectivity index (χ0v) is 15.8. The summed E-state index contributed by atoms with van der Waals surface area (Å²) in [6.07, 6.45) is 3.60. The summed E-state index contributed by atoms with van der Waals surface area (Å²) >= 11 is 1.36. The second-order valence-corrected chi connectivity index (χ2v) is 7.25. The number of nitrogens with zero attached hydrogens (tertiary/aromatic N) is 3. The lowest BCUT2D eigenvalue weighted by atomic mass is 10.2. The monoisotopic (exact) mass is 374 g/mol. The Balaban J connectivity index is 1.53.